The van der Waals surface area contributed by atoms with Gasteiger partial charge in [-0.3, -0.25) is 10.1 Å². The molecule has 0 saturated heterocycles. The van der Waals surface area contributed by atoms with Gasteiger partial charge in [-0.15, -0.1) is 0 Å². The molecule has 0 aliphatic heterocycles. The van der Waals surface area contributed by atoms with E-state index in [1.165, 1.54) is 25.7 Å². The summed E-state index contributed by atoms with van der Waals surface area (Å²) in [6.45, 7) is 3.74. The summed E-state index contributed by atoms with van der Waals surface area (Å²) in [4.78, 5) is 12.8. The summed E-state index contributed by atoms with van der Waals surface area (Å²) in [5.74, 6) is 0. The van der Waals surface area contributed by atoms with Crippen molar-refractivity contribution in [2.24, 2.45) is 0 Å². The number of aryl methyl sites for hydroxylation is 1. The molecule has 0 unspecified atom stereocenters. The highest BCUT2D eigenvalue weighted by Crippen LogP contribution is 2.23. The number of rotatable bonds is 6. The van der Waals surface area contributed by atoms with Crippen LogP contribution in [0.25, 0.3) is 0 Å². The number of likely N-dealkylation sites (N-methyl/N-ethyl adjacent to an activating group) is 1. The number of anilines is 1. The maximum absolute atomic E-state index is 10.8. The standard InChI is InChI=1S/C15H23N3O2/c1-12-7-8-14(18(19)20)11-15(12)16-9-10-17(2)13-5-3-4-6-13/h7-8,11,13,16H,3-6,9-10H2,1-2H3. The van der Waals surface area contributed by atoms with Crippen LogP contribution in [0, 0.1) is 17.0 Å². The molecule has 0 heterocycles. The summed E-state index contributed by atoms with van der Waals surface area (Å²) >= 11 is 0. The van der Waals surface area contributed by atoms with Gasteiger partial charge in [0.05, 0.1) is 4.92 Å². The fourth-order valence-electron chi connectivity index (χ4n) is 2.81. The molecule has 0 spiro atoms. The summed E-state index contributed by atoms with van der Waals surface area (Å²) in [5.41, 5.74) is 2.04. The third-order valence-corrected chi connectivity index (χ3v) is 4.16. The van der Waals surface area contributed by atoms with Gasteiger partial charge in [-0.05, 0) is 32.4 Å². The highest BCUT2D eigenvalue weighted by atomic mass is 16.6. The smallest absolute Gasteiger partial charge is 0.271 e. The lowest BCUT2D eigenvalue weighted by atomic mass is 10.2. The Labute approximate surface area is 120 Å². The maximum atomic E-state index is 10.8. The van der Waals surface area contributed by atoms with Crippen LogP contribution in [0.3, 0.4) is 0 Å². The monoisotopic (exact) mass is 277 g/mol. The van der Waals surface area contributed by atoms with Crippen LogP contribution in [0.15, 0.2) is 18.2 Å². The maximum Gasteiger partial charge on any atom is 0.271 e. The largest absolute Gasteiger partial charge is 0.383 e. The third-order valence-electron chi connectivity index (χ3n) is 4.16. The second-order valence-corrected chi connectivity index (χ2v) is 5.60. The minimum atomic E-state index is -0.352. The van der Waals surface area contributed by atoms with Crippen LogP contribution in [0.5, 0.6) is 0 Å². The Morgan fingerprint density at radius 3 is 2.75 bits per heavy atom. The summed E-state index contributed by atoms with van der Waals surface area (Å²) in [7, 11) is 2.16. The number of nitro benzene ring substituents is 1. The SMILES string of the molecule is Cc1ccc([N+](=O)[O-])cc1NCCN(C)C1CCCC1. The number of hydrogen-bond acceptors (Lipinski definition) is 4. The minimum Gasteiger partial charge on any atom is -0.383 e. The molecule has 5 nitrogen and oxygen atoms in total. The van der Waals surface area contributed by atoms with Gasteiger partial charge < -0.3 is 10.2 Å². The Bertz CT molecular complexity index is 470. The van der Waals surface area contributed by atoms with Crippen molar-refractivity contribution in [1.82, 2.24) is 4.90 Å². The van der Waals surface area contributed by atoms with E-state index < -0.39 is 0 Å². The molecule has 1 aromatic rings. The van der Waals surface area contributed by atoms with E-state index >= 15 is 0 Å². The Balaban J connectivity index is 1.87. The zero-order valence-corrected chi connectivity index (χ0v) is 12.3. The van der Waals surface area contributed by atoms with Gasteiger partial charge in [0.1, 0.15) is 0 Å². The molecule has 1 saturated carbocycles. The van der Waals surface area contributed by atoms with Gasteiger partial charge in [-0.2, -0.15) is 0 Å². The zero-order valence-electron chi connectivity index (χ0n) is 12.3. The topological polar surface area (TPSA) is 58.4 Å². The molecule has 0 aromatic heterocycles. The zero-order chi connectivity index (χ0) is 14.5. The number of nitro groups is 1. The normalized spacial score (nSPS) is 15.8. The fraction of sp³-hybridized carbons (Fsp3) is 0.600. The van der Waals surface area contributed by atoms with E-state index in [-0.39, 0.29) is 10.6 Å². The first kappa shape index (κ1) is 14.8. The Morgan fingerprint density at radius 2 is 2.10 bits per heavy atom. The van der Waals surface area contributed by atoms with E-state index in [1.807, 2.05) is 6.92 Å². The van der Waals surface area contributed by atoms with Crippen molar-refractivity contribution in [2.45, 2.75) is 38.6 Å². The lowest BCUT2D eigenvalue weighted by Gasteiger charge is -2.24. The van der Waals surface area contributed by atoms with Crippen molar-refractivity contribution in [3.63, 3.8) is 0 Å². The van der Waals surface area contributed by atoms with E-state index in [1.54, 1.807) is 18.2 Å². The number of benzene rings is 1. The average molecular weight is 277 g/mol. The molecule has 1 aromatic carbocycles. The minimum absolute atomic E-state index is 0.141. The van der Waals surface area contributed by atoms with Crippen molar-refractivity contribution in [3.8, 4) is 0 Å². The summed E-state index contributed by atoms with van der Waals surface area (Å²) in [6.07, 6.45) is 5.28. The van der Waals surface area contributed by atoms with Gasteiger partial charge in [0.25, 0.3) is 5.69 Å². The average Bonchev–Trinajstić information content (AvgIpc) is 2.94. The number of nitrogens with zero attached hydrogens (tertiary/aromatic N) is 2. The first-order valence-corrected chi connectivity index (χ1v) is 7.27. The molecule has 1 aliphatic carbocycles. The van der Waals surface area contributed by atoms with Crippen molar-refractivity contribution in [1.29, 1.82) is 0 Å². The Morgan fingerprint density at radius 1 is 1.40 bits per heavy atom. The predicted octanol–water partition coefficient (Wildman–Crippen LogP) is 3.19. The van der Waals surface area contributed by atoms with Gasteiger partial charge in [0, 0.05) is 37.0 Å². The fourth-order valence-corrected chi connectivity index (χ4v) is 2.81. The van der Waals surface area contributed by atoms with Crippen LogP contribution >= 0.6 is 0 Å². The number of non-ortho nitro benzene ring substituents is 1. The van der Waals surface area contributed by atoms with Crippen molar-refractivity contribution in [2.75, 3.05) is 25.5 Å². The lowest BCUT2D eigenvalue weighted by molar-refractivity contribution is -0.384. The van der Waals surface area contributed by atoms with E-state index in [4.69, 9.17) is 0 Å². The summed E-state index contributed by atoms with van der Waals surface area (Å²) < 4.78 is 0. The van der Waals surface area contributed by atoms with Crippen LogP contribution < -0.4 is 5.32 Å². The highest BCUT2D eigenvalue weighted by molar-refractivity contribution is 5.56. The van der Waals surface area contributed by atoms with E-state index in [9.17, 15) is 10.1 Å². The molecular formula is C15H23N3O2. The van der Waals surface area contributed by atoms with Crippen molar-refractivity contribution >= 4 is 11.4 Å². The van der Waals surface area contributed by atoms with Crippen LogP contribution in [-0.4, -0.2) is 36.0 Å². The van der Waals surface area contributed by atoms with Gasteiger partial charge in [-0.25, -0.2) is 0 Å². The second kappa shape index (κ2) is 6.70. The third kappa shape index (κ3) is 3.70. The molecule has 1 aliphatic rings. The van der Waals surface area contributed by atoms with Crippen molar-refractivity contribution in [3.05, 3.63) is 33.9 Å². The molecule has 0 atom stereocenters. The van der Waals surface area contributed by atoms with Gasteiger partial charge >= 0.3 is 0 Å². The van der Waals surface area contributed by atoms with E-state index in [0.717, 1.165) is 24.3 Å². The summed E-state index contributed by atoms with van der Waals surface area (Å²) in [6, 6.07) is 5.67. The molecule has 5 heteroatoms. The first-order chi connectivity index (χ1) is 9.58. The molecule has 1 N–H and O–H groups in total. The molecular weight excluding hydrogens is 254 g/mol. The van der Waals surface area contributed by atoms with Crippen LogP contribution in [-0.2, 0) is 0 Å². The molecule has 0 radical (unpaired) electrons. The van der Waals surface area contributed by atoms with Crippen molar-refractivity contribution < 1.29 is 4.92 Å². The molecule has 110 valence electrons. The lowest BCUT2D eigenvalue weighted by Crippen LogP contribution is -2.33. The predicted molar refractivity (Wildman–Crippen MR) is 81.2 cm³/mol. The molecule has 0 amide bonds. The Kier molecular flexibility index (Phi) is 4.95. The van der Waals surface area contributed by atoms with Gasteiger partial charge in [0.15, 0.2) is 0 Å². The van der Waals surface area contributed by atoms with Gasteiger partial charge in [-0.1, -0.05) is 18.9 Å². The summed E-state index contributed by atoms with van der Waals surface area (Å²) in [5, 5.41) is 14.1. The highest BCUT2D eigenvalue weighted by Gasteiger charge is 2.18. The molecule has 20 heavy (non-hydrogen) atoms. The van der Waals surface area contributed by atoms with Crippen LogP contribution in [0.1, 0.15) is 31.2 Å². The van der Waals surface area contributed by atoms with Crippen LogP contribution in [0.2, 0.25) is 0 Å². The first-order valence-electron chi connectivity index (χ1n) is 7.27. The number of hydrogen-bond donors (Lipinski definition) is 1. The molecule has 0 bridgehead atoms. The number of nitrogens with one attached hydrogen (secondary N) is 1. The second-order valence-electron chi connectivity index (χ2n) is 5.60. The van der Waals surface area contributed by atoms with E-state index in [2.05, 4.69) is 17.3 Å². The Hall–Kier alpha value is -1.62. The molecule has 2 rings (SSSR count). The van der Waals surface area contributed by atoms with Crippen LogP contribution in [0.4, 0.5) is 11.4 Å². The molecule has 1 fully saturated rings. The van der Waals surface area contributed by atoms with Gasteiger partial charge in [0.2, 0.25) is 0 Å². The quantitative estimate of drug-likeness (QED) is 0.641. The van der Waals surface area contributed by atoms with E-state index in [0.29, 0.717) is 6.04 Å².